The number of hydrazine groups is 1. The molecule has 0 radical (unpaired) electrons. The average molecular weight is 318 g/mol. The molecule has 2 aromatic rings. The summed E-state index contributed by atoms with van der Waals surface area (Å²) in [5.74, 6) is -0.0772. The minimum atomic E-state index is -0.413. The first-order valence-corrected chi connectivity index (χ1v) is 7.68. The molecule has 2 rings (SSSR count). The number of ether oxygens (including phenoxy) is 1. The van der Waals surface area contributed by atoms with Crippen molar-refractivity contribution in [2.45, 2.75) is 20.8 Å². The highest BCUT2D eigenvalue weighted by Crippen LogP contribution is 2.18. The fourth-order valence-electron chi connectivity index (χ4n) is 1.83. The highest BCUT2D eigenvalue weighted by Gasteiger charge is 2.11. The first-order chi connectivity index (χ1) is 10.5. The van der Waals surface area contributed by atoms with Gasteiger partial charge in [0, 0.05) is 0 Å². The minimum absolute atomic E-state index is 0.159. The van der Waals surface area contributed by atoms with E-state index in [0.29, 0.717) is 10.6 Å². The van der Waals surface area contributed by atoms with Crippen LogP contribution in [-0.2, 0) is 4.79 Å². The molecule has 0 saturated carbocycles. The molecule has 0 unspecified atom stereocenters. The number of thiophene rings is 1. The summed E-state index contributed by atoms with van der Waals surface area (Å²) in [6.07, 6.45) is 0. The van der Waals surface area contributed by atoms with E-state index < -0.39 is 5.91 Å². The maximum Gasteiger partial charge on any atom is 0.280 e. The molecule has 0 aliphatic carbocycles. The Labute approximate surface area is 133 Å². The highest BCUT2D eigenvalue weighted by molar-refractivity contribution is 7.12. The van der Waals surface area contributed by atoms with Gasteiger partial charge in [-0.3, -0.25) is 20.4 Å². The van der Waals surface area contributed by atoms with Gasteiger partial charge < -0.3 is 4.74 Å². The predicted molar refractivity (Wildman–Crippen MR) is 86.1 cm³/mol. The van der Waals surface area contributed by atoms with Crippen molar-refractivity contribution in [3.8, 4) is 5.75 Å². The van der Waals surface area contributed by atoms with Crippen LogP contribution in [0, 0.1) is 20.8 Å². The Morgan fingerprint density at radius 3 is 2.55 bits per heavy atom. The SMILES string of the molecule is Cc1ccc(C)c(OCC(=O)NNC(=O)c2sccc2C)c1. The van der Waals surface area contributed by atoms with Gasteiger partial charge in [0.1, 0.15) is 5.75 Å². The van der Waals surface area contributed by atoms with E-state index in [9.17, 15) is 9.59 Å². The number of rotatable bonds is 4. The molecule has 0 aliphatic heterocycles. The van der Waals surface area contributed by atoms with Crippen molar-refractivity contribution in [1.29, 1.82) is 0 Å². The van der Waals surface area contributed by atoms with E-state index in [1.807, 2.05) is 50.4 Å². The lowest BCUT2D eigenvalue weighted by Crippen LogP contribution is -2.43. The summed E-state index contributed by atoms with van der Waals surface area (Å²) < 4.78 is 5.47. The number of benzene rings is 1. The third-order valence-electron chi connectivity index (χ3n) is 3.09. The molecule has 2 N–H and O–H groups in total. The van der Waals surface area contributed by atoms with E-state index in [1.54, 1.807) is 0 Å². The molecular formula is C16H18N2O3S. The maximum atomic E-state index is 11.8. The van der Waals surface area contributed by atoms with Crippen LogP contribution in [0.15, 0.2) is 29.6 Å². The van der Waals surface area contributed by atoms with Crippen LogP contribution < -0.4 is 15.6 Å². The van der Waals surface area contributed by atoms with Gasteiger partial charge in [-0.1, -0.05) is 12.1 Å². The Hall–Kier alpha value is -2.34. The average Bonchev–Trinajstić information content (AvgIpc) is 2.92. The quantitative estimate of drug-likeness (QED) is 0.851. The van der Waals surface area contributed by atoms with Crippen molar-refractivity contribution in [1.82, 2.24) is 10.9 Å². The molecule has 6 heteroatoms. The van der Waals surface area contributed by atoms with Crippen LogP contribution in [-0.4, -0.2) is 18.4 Å². The fourth-order valence-corrected chi connectivity index (χ4v) is 2.65. The van der Waals surface area contributed by atoms with Crippen LogP contribution >= 0.6 is 11.3 Å². The molecule has 0 bridgehead atoms. The number of aryl methyl sites for hydroxylation is 3. The van der Waals surface area contributed by atoms with Gasteiger partial charge in [-0.05, 0) is 55.0 Å². The van der Waals surface area contributed by atoms with E-state index >= 15 is 0 Å². The smallest absolute Gasteiger partial charge is 0.280 e. The summed E-state index contributed by atoms with van der Waals surface area (Å²) in [5, 5.41) is 1.83. The van der Waals surface area contributed by atoms with Crippen molar-refractivity contribution in [2.75, 3.05) is 6.61 Å². The van der Waals surface area contributed by atoms with E-state index in [1.165, 1.54) is 11.3 Å². The van der Waals surface area contributed by atoms with Crippen molar-refractivity contribution in [3.63, 3.8) is 0 Å². The lowest BCUT2D eigenvalue weighted by atomic mass is 10.1. The molecule has 116 valence electrons. The number of hydrogen-bond donors (Lipinski definition) is 2. The van der Waals surface area contributed by atoms with Gasteiger partial charge in [-0.25, -0.2) is 0 Å². The second-order valence-corrected chi connectivity index (χ2v) is 5.91. The van der Waals surface area contributed by atoms with Gasteiger partial charge in [-0.15, -0.1) is 11.3 Å². The number of carbonyl (C=O) groups excluding carboxylic acids is 2. The van der Waals surface area contributed by atoms with E-state index in [2.05, 4.69) is 10.9 Å². The molecule has 1 aromatic heterocycles. The van der Waals surface area contributed by atoms with Crippen molar-refractivity contribution < 1.29 is 14.3 Å². The first kappa shape index (κ1) is 16.0. The molecule has 0 atom stereocenters. The van der Waals surface area contributed by atoms with Crippen molar-refractivity contribution in [3.05, 3.63) is 51.2 Å². The molecular weight excluding hydrogens is 300 g/mol. The number of carbonyl (C=O) groups is 2. The van der Waals surface area contributed by atoms with Gasteiger partial charge in [0.15, 0.2) is 6.61 Å². The van der Waals surface area contributed by atoms with Crippen LogP contribution in [0.5, 0.6) is 5.75 Å². The normalized spacial score (nSPS) is 10.1. The number of nitrogens with one attached hydrogen (secondary N) is 2. The Morgan fingerprint density at radius 2 is 1.86 bits per heavy atom. The first-order valence-electron chi connectivity index (χ1n) is 6.80. The Morgan fingerprint density at radius 1 is 1.09 bits per heavy atom. The molecule has 0 fully saturated rings. The van der Waals surface area contributed by atoms with E-state index in [0.717, 1.165) is 16.7 Å². The monoisotopic (exact) mass is 318 g/mol. The molecule has 22 heavy (non-hydrogen) atoms. The molecule has 1 heterocycles. The molecule has 1 aromatic carbocycles. The summed E-state index contributed by atoms with van der Waals surface area (Å²) in [6.45, 7) is 5.55. The minimum Gasteiger partial charge on any atom is -0.483 e. The molecule has 5 nitrogen and oxygen atoms in total. The zero-order valence-corrected chi connectivity index (χ0v) is 13.5. The Bertz CT molecular complexity index is 694. The van der Waals surface area contributed by atoms with E-state index in [-0.39, 0.29) is 12.5 Å². The Balaban J connectivity index is 1.82. The summed E-state index contributed by atoms with van der Waals surface area (Å²) >= 11 is 1.33. The zero-order valence-electron chi connectivity index (χ0n) is 12.7. The third-order valence-corrected chi connectivity index (χ3v) is 4.10. The largest absolute Gasteiger partial charge is 0.483 e. The zero-order chi connectivity index (χ0) is 16.1. The highest BCUT2D eigenvalue weighted by atomic mass is 32.1. The molecule has 0 spiro atoms. The van der Waals surface area contributed by atoms with Crippen molar-refractivity contribution in [2.24, 2.45) is 0 Å². The third kappa shape index (κ3) is 4.08. The summed E-state index contributed by atoms with van der Waals surface area (Å²) in [4.78, 5) is 24.2. The number of hydrogen-bond acceptors (Lipinski definition) is 4. The summed E-state index contributed by atoms with van der Waals surface area (Å²) in [6, 6.07) is 7.64. The maximum absolute atomic E-state index is 11.8. The van der Waals surface area contributed by atoms with Gasteiger partial charge in [0.2, 0.25) is 0 Å². The molecule has 0 saturated heterocycles. The van der Waals surface area contributed by atoms with Gasteiger partial charge in [0.05, 0.1) is 4.88 Å². The van der Waals surface area contributed by atoms with Gasteiger partial charge >= 0.3 is 0 Å². The second-order valence-electron chi connectivity index (χ2n) is 4.99. The van der Waals surface area contributed by atoms with Crippen LogP contribution in [0.3, 0.4) is 0 Å². The van der Waals surface area contributed by atoms with E-state index in [4.69, 9.17) is 4.74 Å². The van der Waals surface area contributed by atoms with Gasteiger partial charge in [-0.2, -0.15) is 0 Å². The van der Waals surface area contributed by atoms with Crippen LogP contribution in [0.2, 0.25) is 0 Å². The van der Waals surface area contributed by atoms with Gasteiger partial charge in [0.25, 0.3) is 11.8 Å². The van der Waals surface area contributed by atoms with Crippen LogP contribution in [0.25, 0.3) is 0 Å². The summed E-state index contributed by atoms with van der Waals surface area (Å²) in [7, 11) is 0. The van der Waals surface area contributed by atoms with Crippen LogP contribution in [0.4, 0.5) is 0 Å². The predicted octanol–water partition coefficient (Wildman–Crippen LogP) is 2.51. The lowest BCUT2D eigenvalue weighted by Gasteiger charge is -2.10. The standard InChI is InChI=1S/C16H18N2O3S/c1-10-4-5-11(2)13(8-10)21-9-14(19)17-18-16(20)15-12(3)6-7-22-15/h4-8H,9H2,1-3H3,(H,17,19)(H,18,20). The summed E-state index contributed by atoms with van der Waals surface area (Å²) in [5.41, 5.74) is 7.62. The topological polar surface area (TPSA) is 67.4 Å². The van der Waals surface area contributed by atoms with Crippen LogP contribution in [0.1, 0.15) is 26.4 Å². The number of amides is 2. The second kappa shape index (κ2) is 7.09. The fraction of sp³-hybridized carbons (Fsp3) is 0.250. The Kier molecular flexibility index (Phi) is 5.16. The van der Waals surface area contributed by atoms with Crippen molar-refractivity contribution >= 4 is 23.2 Å². The molecule has 0 aliphatic rings. The lowest BCUT2D eigenvalue weighted by molar-refractivity contribution is -0.123. The molecule has 2 amide bonds.